The third kappa shape index (κ3) is 4.13. The molecular weight excluding hydrogens is 307 g/mol. The molecule has 0 spiro atoms. The highest BCUT2D eigenvalue weighted by Crippen LogP contribution is 2.23. The zero-order valence-electron chi connectivity index (χ0n) is 9.33. The van der Waals surface area contributed by atoms with E-state index in [2.05, 4.69) is 15.9 Å². The van der Waals surface area contributed by atoms with E-state index in [9.17, 15) is 9.59 Å². The van der Waals surface area contributed by atoms with Crippen LogP contribution in [-0.4, -0.2) is 17.8 Å². The summed E-state index contributed by atoms with van der Waals surface area (Å²) in [5, 5.41) is -0.531. The Morgan fingerprint density at radius 3 is 2.71 bits per heavy atom. The summed E-state index contributed by atoms with van der Waals surface area (Å²) in [6.45, 7) is 2.11. The van der Waals surface area contributed by atoms with Gasteiger partial charge in [0.05, 0.1) is 12.2 Å². The first-order valence-electron chi connectivity index (χ1n) is 5.19. The minimum Gasteiger partial charge on any atom is -0.466 e. The number of rotatable bonds is 5. The molecule has 0 radical (unpaired) electrons. The summed E-state index contributed by atoms with van der Waals surface area (Å²) in [6.07, 6.45) is 0.674. The fourth-order valence-corrected chi connectivity index (χ4v) is 2.39. The van der Waals surface area contributed by atoms with Crippen LogP contribution in [0.3, 0.4) is 0 Å². The lowest BCUT2D eigenvalue weighted by Crippen LogP contribution is -2.07. The summed E-state index contributed by atoms with van der Waals surface area (Å²) in [5.74, 6) is -0.277. The van der Waals surface area contributed by atoms with Crippen LogP contribution in [0, 0.1) is 0 Å². The van der Waals surface area contributed by atoms with E-state index < -0.39 is 5.24 Å². The molecule has 1 aromatic carbocycles. The van der Waals surface area contributed by atoms with Crippen molar-refractivity contribution >= 4 is 38.7 Å². The number of halogens is 2. The zero-order chi connectivity index (χ0) is 12.8. The van der Waals surface area contributed by atoms with Gasteiger partial charge in [0.25, 0.3) is 5.24 Å². The van der Waals surface area contributed by atoms with Gasteiger partial charge in [0.2, 0.25) is 0 Å². The van der Waals surface area contributed by atoms with Gasteiger partial charge in [0, 0.05) is 10.9 Å². The molecule has 0 unspecified atom stereocenters. The average molecular weight is 320 g/mol. The van der Waals surface area contributed by atoms with Gasteiger partial charge >= 0.3 is 5.97 Å². The molecule has 0 bridgehead atoms. The maximum Gasteiger partial charge on any atom is 0.306 e. The number of esters is 1. The summed E-state index contributed by atoms with van der Waals surface area (Å²) in [6, 6.07) is 5.32. The predicted molar refractivity (Wildman–Crippen MR) is 69.3 cm³/mol. The lowest BCUT2D eigenvalue weighted by Gasteiger charge is -2.07. The van der Waals surface area contributed by atoms with Crippen molar-refractivity contribution in [2.75, 3.05) is 6.61 Å². The normalized spacial score (nSPS) is 10.1. The molecule has 0 saturated carbocycles. The molecule has 0 aliphatic carbocycles. The quantitative estimate of drug-likeness (QED) is 0.617. The van der Waals surface area contributed by atoms with Gasteiger partial charge in [0.1, 0.15) is 0 Å². The second-order valence-corrected chi connectivity index (χ2v) is 4.55. The van der Waals surface area contributed by atoms with Gasteiger partial charge in [-0.1, -0.05) is 12.1 Å². The first-order chi connectivity index (χ1) is 8.06. The van der Waals surface area contributed by atoms with Crippen LogP contribution in [-0.2, 0) is 16.0 Å². The SMILES string of the molecule is CCOC(=O)CCc1cccc(Br)c1C(=O)Cl. The summed E-state index contributed by atoms with van der Waals surface area (Å²) in [7, 11) is 0. The van der Waals surface area contributed by atoms with E-state index in [4.69, 9.17) is 16.3 Å². The van der Waals surface area contributed by atoms with Crippen LogP contribution in [0.15, 0.2) is 22.7 Å². The maximum atomic E-state index is 11.3. The van der Waals surface area contributed by atoms with Crippen molar-refractivity contribution in [3.8, 4) is 0 Å². The van der Waals surface area contributed by atoms with E-state index in [0.717, 1.165) is 5.56 Å². The second kappa shape index (κ2) is 6.77. The average Bonchev–Trinajstić information content (AvgIpc) is 2.26. The molecule has 1 rings (SSSR count). The second-order valence-electron chi connectivity index (χ2n) is 3.35. The van der Waals surface area contributed by atoms with Crippen molar-refractivity contribution in [1.29, 1.82) is 0 Å². The van der Waals surface area contributed by atoms with Crippen molar-refractivity contribution in [2.45, 2.75) is 19.8 Å². The summed E-state index contributed by atoms with van der Waals surface area (Å²) < 4.78 is 5.46. The van der Waals surface area contributed by atoms with Gasteiger partial charge in [-0.05, 0) is 52.5 Å². The highest BCUT2D eigenvalue weighted by atomic mass is 79.9. The van der Waals surface area contributed by atoms with Crippen LogP contribution in [0.4, 0.5) is 0 Å². The molecule has 0 N–H and O–H groups in total. The third-order valence-corrected chi connectivity index (χ3v) is 3.05. The predicted octanol–water partition coefficient (Wildman–Crippen LogP) is 3.32. The van der Waals surface area contributed by atoms with Gasteiger partial charge in [-0.25, -0.2) is 0 Å². The van der Waals surface area contributed by atoms with Crippen LogP contribution >= 0.6 is 27.5 Å². The number of ether oxygens (including phenoxy) is 1. The Balaban J connectivity index is 2.81. The number of benzene rings is 1. The molecular formula is C12H12BrClO3. The van der Waals surface area contributed by atoms with E-state index in [0.29, 0.717) is 23.1 Å². The molecule has 5 heteroatoms. The number of carbonyl (C=O) groups excluding carboxylic acids is 2. The first-order valence-corrected chi connectivity index (χ1v) is 6.36. The third-order valence-electron chi connectivity index (χ3n) is 2.20. The number of carbonyl (C=O) groups is 2. The number of aryl methyl sites for hydroxylation is 1. The highest BCUT2D eigenvalue weighted by Gasteiger charge is 2.14. The van der Waals surface area contributed by atoms with Gasteiger partial charge in [-0.2, -0.15) is 0 Å². The van der Waals surface area contributed by atoms with E-state index >= 15 is 0 Å². The van der Waals surface area contributed by atoms with Crippen LogP contribution in [0.25, 0.3) is 0 Å². The summed E-state index contributed by atoms with van der Waals surface area (Å²) in [4.78, 5) is 22.5. The molecule has 0 saturated heterocycles. The molecule has 17 heavy (non-hydrogen) atoms. The Kier molecular flexibility index (Phi) is 5.65. The molecule has 0 fully saturated rings. The molecule has 0 amide bonds. The molecule has 0 aromatic heterocycles. The van der Waals surface area contributed by atoms with Crippen LogP contribution in [0.2, 0.25) is 0 Å². The molecule has 0 aliphatic heterocycles. The first kappa shape index (κ1) is 14.2. The fraction of sp³-hybridized carbons (Fsp3) is 0.333. The largest absolute Gasteiger partial charge is 0.466 e. The smallest absolute Gasteiger partial charge is 0.306 e. The Morgan fingerprint density at radius 1 is 1.41 bits per heavy atom. The van der Waals surface area contributed by atoms with E-state index in [1.54, 1.807) is 25.1 Å². The molecule has 0 aliphatic rings. The molecule has 92 valence electrons. The fourth-order valence-electron chi connectivity index (χ4n) is 1.47. The standard InChI is InChI=1S/C12H12BrClO3/c1-2-17-10(15)7-6-8-4-3-5-9(13)11(8)12(14)16/h3-5H,2,6-7H2,1H3. The van der Waals surface area contributed by atoms with Gasteiger partial charge in [-0.15, -0.1) is 0 Å². The lowest BCUT2D eigenvalue weighted by atomic mass is 10.0. The highest BCUT2D eigenvalue weighted by molar-refractivity contribution is 9.10. The van der Waals surface area contributed by atoms with Gasteiger partial charge in [0.15, 0.2) is 0 Å². The van der Waals surface area contributed by atoms with Crippen molar-refractivity contribution in [3.05, 3.63) is 33.8 Å². The Bertz CT molecular complexity index is 432. The Labute approximate surface area is 113 Å². The minimum atomic E-state index is -0.531. The molecule has 3 nitrogen and oxygen atoms in total. The Morgan fingerprint density at radius 2 is 2.12 bits per heavy atom. The van der Waals surface area contributed by atoms with Crippen LogP contribution in [0.5, 0.6) is 0 Å². The summed E-state index contributed by atoms with van der Waals surface area (Å²) >= 11 is 8.77. The van der Waals surface area contributed by atoms with Crippen molar-refractivity contribution < 1.29 is 14.3 Å². The van der Waals surface area contributed by atoms with Crippen molar-refractivity contribution in [2.24, 2.45) is 0 Å². The minimum absolute atomic E-state index is 0.238. The molecule has 0 heterocycles. The lowest BCUT2D eigenvalue weighted by molar-refractivity contribution is -0.143. The number of hydrogen-bond acceptors (Lipinski definition) is 3. The van der Waals surface area contributed by atoms with E-state index in [-0.39, 0.29) is 12.4 Å². The van der Waals surface area contributed by atoms with Crippen LogP contribution in [0.1, 0.15) is 29.3 Å². The van der Waals surface area contributed by atoms with Crippen LogP contribution < -0.4 is 0 Å². The van der Waals surface area contributed by atoms with Crippen molar-refractivity contribution in [3.63, 3.8) is 0 Å². The van der Waals surface area contributed by atoms with E-state index in [1.165, 1.54) is 0 Å². The monoisotopic (exact) mass is 318 g/mol. The van der Waals surface area contributed by atoms with Gasteiger partial charge < -0.3 is 4.74 Å². The summed E-state index contributed by atoms with van der Waals surface area (Å²) in [5.41, 5.74) is 1.16. The van der Waals surface area contributed by atoms with Crippen molar-refractivity contribution in [1.82, 2.24) is 0 Å². The molecule has 0 atom stereocenters. The number of hydrogen-bond donors (Lipinski definition) is 0. The molecule has 1 aromatic rings. The van der Waals surface area contributed by atoms with Gasteiger partial charge in [-0.3, -0.25) is 9.59 Å². The Hall–Kier alpha value is -0.870. The topological polar surface area (TPSA) is 43.4 Å². The maximum absolute atomic E-state index is 11.3. The zero-order valence-corrected chi connectivity index (χ0v) is 11.7. The van der Waals surface area contributed by atoms with E-state index in [1.807, 2.05) is 0 Å².